The Labute approximate surface area is 186 Å². The minimum atomic E-state index is -2.93. The Morgan fingerprint density at radius 1 is 1.31 bits per heavy atom. The van der Waals surface area contributed by atoms with E-state index in [1.54, 1.807) is 6.08 Å². The van der Waals surface area contributed by atoms with Gasteiger partial charge in [-0.3, -0.25) is 14.2 Å². The minimum Gasteiger partial charge on any atom is -0.435 e. The fourth-order valence-electron chi connectivity index (χ4n) is 3.10. The number of morpholine rings is 1. The SMILES string of the molecule is COCCn1c(=O)/c(=C\c2ccc(OC(F)F)cc2)s/c1=C(/C#N)C(=O)N1CCOCC1. The first-order valence-corrected chi connectivity index (χ1v) is 10.5. The molecule has 2 aromatic rings. The van der Waals surface area contributed by atoms with Crippen LogP contribution in [-0.4, -0.2) is 62.0 Å². The van der Waals surface area contributed by atoms with Gasteiger partial charge in [0, 0.05) is 20.2 Å². The second kappa shape index (κ2) is 11.0. The van der Waals surface area contributed by atoms with Gasteiger partial charge in [-0.25, -0.2) is 0 Å². The van der Waals surface area contributed by atoms with Crippen molar-refractivity contribution in [3.8, 4) is 11.8 Å². The summed E-state index contributed by atoms with van der Waals surface area (Å²) >= 11 is 1.02. The van der Waals surface area contributed by atoms with E-state index in [4.69, 9.17) is 9.47 Å². The number of nitrogens with zero attached hydrogens (tertiary/aromatic N) is 3. The number of hydrogen-bond acceptors (Lipinski definition) is 7. The van der Waals surface area contributed by atoms with Gasteiger partial charge < -0.3 is 19.1 Å². The van der Waals surface area contributed by atoms with Crippen molar-refractivity contribution in [1.29, 1.82) is 5.26 Å². The van der Waals surface area contributed by atoms with Crippen LogP contribution in [0.15, 0.2) is 29.1 Å². The van der Waals surface area contributed by atoms with Crippen LogP contribution in [0.25, 0.3) is 11.6 Å². The van der Waals surface area contributed by atoms with Crippen molar-refractivity contribution in [3.63, 3.8) is 0 Å². The molecule has 1 saturated heterocycles. The van der Waals surface area contributed by atoms with Crippen LogP contribution in [0.4, 0.5) is 8.78 Å². The molecule has 1 amide bonds. The zero-order chi connectivity index (χ0) is 23.1. The summed E-state index contributed by atoms with van der Waals surface area (Å²) in [6.07, 6.45) is 1.57. The third-order valence-corrected chi connectivity index (χ3v) is 5.80. The van der Waals surface area contributed by atoms with Gasteiger partial charge in [-0.05, 0) is 23.8 Å². The van der Waals surface area contributed by atoms with E-state index >= 15 is 0 Å². The number of aromatic nitrogens is 1. The van der Waals surface area contributed by atoms with Crippen molar-refractivity contribution < 1.29 is 27.8 Å². The zero-order valence-corrected chi connectivity index (χ0v) is 18.1. The molecule has 1 aromatic carbocycles. The number of methoxy groups -OCH3 is 1. The third-order valence-electron chi connectivity index (χ3n) is 4.67. The molecular formula is C21H21F2N3O5S. The van der Waals surface area contributed by atoms with E-state index in [9.17, 15) is 23.6 Å². The monoisotopic (exact) mass is 465 g/mol. The Hall–Kier alpha value is -3.07. The molecule has 1 aliphatic rings. The average molecular weight is 465 g/mol. The van der Waals surface area contributed by atoms with Crippen molar-refractivity contribution in [1.82, 2.24) is 9.47 Å². The lowest BCUT2D eigenvalue weighted by Gasteiger charge is -2.26. The van der Waals surface area contributed by atoms with E-state index in [1.165, 1.54) is 40.8 Å². The molecule has 11 heteroatoms. The molecule has 3 rings (SSSR count). The highest BCUT2D eigenvalue weighted by molar-refractivity contribution is 7.07. The van der Waals surface area contributed by atoms with Crippen molar-refractivity contribution in [3.05, 3.63) is 49.4 Å². The maximum Gasteiger partial charge on any atom is 0.387 e. The highest BCUT2D eigenvalue weighted by Gasteiger charge is 2.23. The summed E-state index contributed by atoms with van der Waals surface area (Å²) in [5.74, 6) is -0.457. The Morgan fingerprint density at radius 2 is 2.00 bits per heavy atom. The van der Waals surface area contributed by atoms with E-state index in [2.05, 4.69) is 4.74 Å². The number of alkyl halides is 2. The molecule has 8 nitrogen and oxygen atoms in total. The van der Waals surface area contributed by atoms with Crippen molar-refractivity contribution in [2.24, 2.45) is 0 Å². The van der Waals surface area contributed by atoms with E-state index in [0.29, 0.717) is 36.4 Å². The molecule has 0 saturated carbocycles. The number of carbonyl (C=O) groups excluding carboxylic acids is 1. The number of hydrogen-bond donors (Lipinski definition) is 0. The number of nitriles is 1. The molecule has 0 unspecified atom stereocenters. The summed E-state index contributed by atoms with van der Waals surface area (Å²) in [4.78, 5) is 27.5. The average Bonchev–Trinajstić information content (AvgIpc) is 3.09. The molecule has 0 aliphatic carbocycles. The highest BCUT2D eigenvalue weighted by Crippen LogP contribution is 2.15. The molecular weight excluding hydrogens is 444 g/mol. The van der Waals surface area contributed by atoms with Gasteiger partial charge in [-0.15, -0.1) is 11.3 Å². The van der Waals surface area contributed by atoms with Crippen LogP contribution in [0, 0.1) is 11.3 Å². The Morgan fingerprint density at radius 3 is 2.59 bits per heavy atom. The number of benzene rings is 1. The third kappa shape index (κ3) is 5.59. The standard InChI is InChI=1S/C21H21F2N3O5S/c1-29-9-8-26-19(28)17(12-14-2-4-15(5-3-14)31-21(22)23)32-20(26)16(13-24)18(27)25-6-10-30-11-7-25/h2-5,12,21H,6-11H2,1H3/b17-12+,20-16-. The number of ether oxygens (including phenoxy) is 3. The number of rotatable bonds is 7. The maximum absolute atomic E-state index is 13.0. The molecule has 1 aromatic heterocycles. The highest BCUT2D eigenvalue weighted by atomic mass is 32.1. The number of halogens is 2. The van der Waals surface area contributed by atoms with Gasteiger partial charge >= 0.3 is 6.61 Å². The van der Waals surface area contributed by atoms with Gasteiger partial charge in [0.25, 0.3) is 11.5 Å². The van der Waals surface area contributed by atoms with Gasteiger partial charge in [-0.2, -0.15) is 14.0 Å². The lowest BCUT2D eigenvalue weighted by Crippen LogP contribution is -2.43. The van der Waals surface area contributed by atoms with Crippen LogP contribution in [0.1, 0.15) is 5.56 Å². The molecule has 170 valence electrons. The second-order valence-electron chi connectivity index (χ2n) is 6.70. The summed E-state index contributed by atoms with van der Waals surface area (Å²) in [6, 6.07) is 7.75. The van der Waals surface area contributed by atoms with Crippen LogP contribution in [0.5, 0.6) is 5.75 Å². The van der Waals surface area contributed by atoms with Crippen LogP contribution in [-0.2, 0) is 20.8 Å². The summed E-state index contributed by atoms with van der Waals surface area (Å²) < 4.78 is 41.2. The fraction of sp³-hybridized carbons (Fsp3) is 0.381. The van der Waals surface area contributed by atoms with Gasteiger partial charge in [0.1, 0.15) is 16.5 Å². The van der Waals surface area contributed by atoms with Gasteiger partial charge in [0.05, 0.1) is 30.9 Å². The summed E-state index contributed by atoms with van der Waals surface area (Å²) in [7, 11) is 1.49. The molecule has 32 heavy (non-hydrogen) atoms. The Kier molecular flexibility index (Phi) is 8.10. The number of amides is 1. The lowest BCUT2D eigenvalue weighted by molar-refractivity contribution is -0.128. The number of carbonyl (C=O) groups is 1. The number of thiazole rings is 1. The van der Waals surface area contributed by atoms with Crippen LogP contribution in [0.2, 0.25) is 0 Å². The van der Waals surface area contributed by atoms with Crippen molar-refractivity contribution >= 4 is 28.9 Å². The lowest BCUT2D eigenvalue weighted by atomic mass is 10.2. The second-order valence-corrected chi connectivity index (χ2v) is 7.73. The molecule has 2 heterocycles. The van der Waals surface area contributed by atoms with E-state index in [1.807, 2.05) is 6.07 Å². The normalized spacial score (nSPS) is 15.6. The van der Waals surface area contributed by atoms with E-state index in [-0.39, 0.29) is 34.7 Å². The Bertz CT molecular complexity index is 1160. The molecule has 0 atom stereocenters. The molecule has 0 N–H and O–H groups in total. The quantitative estimate of drug-likeness (QED) is 0.592. The summed E-state index contributed by atoms with van der Waals surface area (Å²) in [6.45, 7) is -1.05. The summed E-state index contributed by atoms with van der Waals surface area (Å²) in [5.41, 5.74) is 0.0799. The van der Waals surface area contributed by atoms with Crippen LogP contribution >= 0.6 is 11.3 Å². The first-order valence-electron chi connectivity index (χ1n) is 9.71. The van der Waals surface area contributed by atoms with E-state index in [0.717, 1.165) is 11.3 Å². The molecule has 0 radical (unpaired) electrons. The summed E-state index contributed by atoms with van der Waals surface area (Å²) in [5, 5.41) is 9.73. The fourth-order valence-corrected chi connectivity index (χ4v) is 4.22. The largest absolute Gasteiger partial charge is 0.435 e. The van der Waals surface area contributed by atoms with Gasteiger partial charge in [-0.1, -0.05) is 12.1 Å². The van der Waals surface area contributed by atoms with Crippen molar-refractivity contribution in [2.45, 2.75) is 13.2 Å². The predicted molar refractivity (Wildman–Crippen MR) is 113 cm³/mol. The van der Waals surface area contributed by atoms with Crippen LogP contribution < -0.4 is 19.5 Å². The first kappa shape index (κ1) is 23.6. The topological polar surface area (TPSA) is 93.8 Å². The van der Waals surface area contributed by atoms with Gasteiger partial charge in [0.2, 0.25) is 0 Å². The van der Waals surface area contributed by atoms with E-state index < -0.39 is 12.5 Å². The molecule has 0 spiro atoms. The zero-order valence-electron chi connectivity index (χ0n) is 17.3. The molecule has 1 fully saturated rings. The van der Waals surface area contributed by atoms with Gasteiger partial charge in [0.15, 0.2) is 5.57 Å². The van der Waals surface area contributed by atoms with Crippen LogP contribution in [0.3, 0.4) is 0 Å². The first-order chi connectivity index (χ1) is 15.4. The molecule has 0 bridgehead atoms. The maximum atomic E-state index is 13.0. The molecule has 1 aliphatic heterocycles. The predicted octanol–water partition coefficient (Wildman–Crippen LogP) is 0.519. The minimum absolute atomic E-state index is 0.00210. The smallest absolute Gasteiger partial charge is 0.387 e. The Balaban J connectivity index is 2.08. The van der Waals surface area contributed by atoms with Crippen molar-refractivity contribution in [2.75, 3.05) is 40.0 Å².